The average Bonchev–Trinajstić information content (AvgIpc) is 2.87. The van der Waals surface area contributed by atoms with Crippen molar-refractivity contribution in [2.45, 2.75) is 25.6 Å². The molecule has 2 N–H and O–H groups in total. The highest BCUT2D eigenvalue weighted by Gasteiger charge is 2.20. The molecule has 1 aromatic carbocycles. The number of thioether (sulfide) groups is 1. The van der Waals surface area contributed by atoms with E-state index < -0.39 is 0 Å². The number of amides is 1. The highest BCUT2D eigenvalue weighted by Crippen LogP contribution is 2.19. The Morgan fingerprint density at radius 1 is 1.53 bits per heavy atom. The van der Waals surface area contributed by atoms with Gasteiger partial charge in [0.1, 0.15) is 0 Å². The maximum Gasteiger partial charge on any atom is 0.257 e. The maximum absolute atomic E-state index is 12.2. The number of hydrogen-bond acceptors (Lipinski definition) is 4. The van der Waals surface area contributed by atoms with Crippen LogP contribution in [0.3, 0.4) is 0 Å². The van der Waals surface area contributed by atoms with Crippen molar-refractivity contribution in [2.24, 2.45) is 5.10 Å². The van der Waals surface area contributed by atoms with Gasteiger partial charge in [0, 0.05) is 5.56 Å². The van der Waals surface area contributed by atoms with E-state index in [1.165, 1.54) is 0 Å². The third kappa shape index (κ3) is 3.38. The maximum atomic E-state index is 12.2. The van der Waals surface area contributed by atoms with Gasteiger partial charge in [-0.05, 0) is 25.0 Å². The smallest absolute Gasteiger partial charge is 0.257 e. The Labute approximate surface area is 117 Å². The van der Waals surface area contributed by atoms with Gasteiger partial charge in [-0.2, -0.15) is 5.10 Å². The van der Waals surface area contributed by atoms with Crippen molar-refractivity contribution >= 4 is 28.9 Å². The number of nitrogens with one attached hydrogen (secondary N) is 2. The standard InChI is InChI=1S/C14H17N3OS/c1-3-7-10-8-5-6-9-11(10)13(18)15-14-17-16-12(4-2)19-14/h3,5-9,12,16H,4H2,1-2H3,(H,15,17,18). The number of benzene rings is 1. The number of hydrogen-bond donors (Lipinski definition) is 2. The van der Waals surface area contributed by atoms with Crippen molar-refractivity contribution in [2.75, 3.05) is 0 Å². The first kappa shape index (κ1) is 13.7. The molecule has 1 amide bonds. The zero-order valence-corrected chi connectivity index (χ0v) is 11.8. The molecule has 19 heavy (non-hydrogen) atoms. The minimum Gasteiger partial charge on any atom is -0.300 e. The highest BCUT2D eigenvalue weighted by molar-refractivity contribution is 8.14. The lowest BCUT2D eigenvalue weighted by Gasteiger charge is -2.07. The van der Waals surface area contributed by atoms with Crippen molar-refractivity contribution in [3.63, 3.8) is 0 Å². The van der Waals surface area contributed by atoms with E-state index in [2.05, 4.69) is 22.8 Å². The molecule has 1 aliphatic rings. The van der Waals surface area contributed by atoms with Crippen LogP contribution >= 0.6 is 11.8 Å². The topological polar surface area (TPSA) is 53.5 Å². The van der Waals surface area contributed by atoms with Crippen molar-refractivity contribution in [1.29, 1.82) is 0 Å². The first-order chi connectivity index (χ1) is 9.24. The Bertz CT molecular complexity index is 525. The Kier molecular flexibility index (Phi) is 4.63. The lowest BCUT2D eigenvalue weighted by molar-refractivity contribution is 0.0977. The number of amidine groups is 1. The second kappa shape index (κ2) is 6.43. The second-order valence-corrected chi connectivity index (χ2v) is 5.29. The molecule has 1 aliphatic heterocycles. The van der Waals surface area contributed by atoms with Crippen LogP contribution in [0.1, 0.15) is 36.2 Å². The largest absolute Gasteiger partial charge is 0.300 e. The van der Waals surface area contributed by atoms with Crippen LogP contribution in [0.15, 0.2) is 35.4 Å². The summed E-state index contributed by atoms with van der Waals surface area (Å²) in [5, 5.41) is 7.83. The third-order valence-corrected chi connectivity index (χ3v) is 3.85. The number of hydrazone groups is 1. The van der Waals surface area contributed by atoms with E-state index in [4.69, 9.17) is 0 Å². The first-order valence-corrected chi connectivity index (χ1v) is 7.15. The van der Waals surface area contributed by atoms with E-state index >= 15 is 0 Å². The molecule has 0 aliphatic carbocycles. The van der Waals surface area contributed by atoms with Crippen molar-refractivity contribution < 1.29 is 4.79 Å². The fourth-order valence-corrected chi connectivity index (χ4v) is 2.54. The molecule has 0 radical (unpaired) electrons. The number of rotatable bonds is 3. The van der Waals surface area contributed by atoms with E-state index in [1.807, 2.05) is 43.3 Å². The fraction of sp³-hybridized carbons (Fsp3) is 0.286. The summed E-state index contributed by atoms with van der Waals surface area (Å²) in [6, 6.07) is 7.52. The van der Waals surface area contributed by atoms with Gasteiger partial charge in [-0.1, -0.05) is 49.0 Å². The van der Waals surface area contributed by atoms with Crippen LogP contribution in [0.5, 0.6) is 0 Å². The van der Waals surface area contributed by atoms with E-state index in [0.717, 1.165) is 12.0 Å². The summed E-state index contributed by atoms with van der Waals surface area (Å²) in [7, 11) is 0. The SMILES string of the molecule is CC=Cc1ccccc1C(=O)NC1=NNC(CC)S1. The van der Waals surface area contributed by atoms with Crippen LogP contribution < -0.4 is 10.7 Å². The predicted molar refractivity (Wildman–Crippen MR) is 80.9 cm³/mol. The fourth-order valence-electron chi connectivity index (χ4n) is 1.74. The highest BCUT2D eigenvalue weighted by atomic mass is 32.2. The summed E-state index contributed by atoms with van der Waals surface area (Å²) < 4.78 is 0. The summed E-state index contributed by atoms with van der Waals surface area (Å²) in [5.41, 5.74) is 4.54. The van der Waals surface area contributed by atoms with Crippen LogP contribution in [0, 0.1) is 0 Å². The molecule has 1 unspecified atom stereocenters. The summed E-state index contributed by atoms with van der Waals surface area (Å²) in [5.74, 6) is -0.126. The molecular formula is C14H17N3OS. The van der Waals surface area contributed by atoms with Gasteiger partial charge in [0.05, 0.1) is 5.37 Å². The van der Waals surface area contributed by atoms with Crippen LogP contribution in [0.4, 0.5) is 0 Å². The third-order valence-electron chi connectivity index (χ3n) is 2.71. The van der Waals surface area contributed by atoms with Crippen LogP contribution in [0.2, 0.25) is 0 Å². The molecule has 2 rings (SSSR count). The number of nitrogens with zero attached hydrogens (tertiary/aromatic N) is 1. The number of allylic oxidation sites excluding steroid dienone is 1. The summed E-state index contributed by atoms with van der Waals surface area (Å²) >= 11 is 1.54. The number of carbonyl (C=O) groups is 1. The Hall–Kier alpha value is -1.75. The molecule has 0 spiro atoms. The lowest BCUT2D eigenvalue weighted by atomic mass is 10.1. The molecule has 100 valence electrons. The monoisotopic (exact) mass is 275 g/mol. The van der Waals surface area contributed by atoms with E-state index in [9.17, 15) is 4.79 Å². The van der Waals surface area contributed by atoms with Gasteiger partial charge in [0.25, 0.3) is 5.91 Å². The number of carbonyl (C=O) groups excluding carboxylic acids is 1. The quantitative estimate of drug-likeness (QED) is 0.892. The van der Waals surface area contributed by atoms with Crippen molar-refractivity contribution in [1.82, 2.24) is 10.7 Å². The van der Waals surface area contributed by atoms with Gasteiger partial charge in [-0.25, -0.2) is 0 Å². The lowest BCUT2D eigenvalue weighted by Crippen LogP contribution is -2.28. The van der Waals surface area contributed by atoms with Gasteiger partial charge in [-0.15, -0.1) is 0 Å². The summed E-state index contributed by atoms with van der Waals surface area (Å²) in [6.45, 7) is 4.01. The van der Waals surface area contributed by atoms with Gasteiger partial charge in [0.2, 0.25) is 0 Å². The van der Waals surface area contributed by atoms with Gasteiger partial charge < -0.3 is 0 Å². The van der Waals surface area contributed by atoms with Gasteiger partial charge >= 0.3 is 0 Å². The Morgan fingerprint density at radius 2 is 2.32 bits per heavy atom. The zero-order valence-electron chi connectivity index (χ0n) is 11.0. The Balaban J connectivity index is 2.09. The van der Waals surface area contributed by atoms with Crippen LogP contribution in [-0.4, -0.2) is 16.4 Å². The molecule has 0 saturated carbocycles. The molecule has 4 nitrogen and oxygen atoms in total. The zero-order chi connectivity index (χ0) is 13.7. The minimum atomic E-state index is -0.126. The molecule has 1 atom stereocenters. The van der Waals surface area contributed by atoms with Crippen LogP contribution in [0.25, 0.3) is 6.08 Å². The van der Waals surface area contributed by atoms with E-state index in [-0.39, 0.29) is 11.3 Å². The van der Waals surface area contributed by atoms with Gasteiger partial charge in [0.15, 0.2) is 5.17 Å². The summed E-state index contributed by atoms with van der Waals surface area (Å²) in [4.78, 5) is 12.2. The molecule has 0 bridgehead atoms. The Morgan fingerprint density at radius 3 is 3.00 bits per heavy atom. The minimum absolute atomic E-state index is 0.126. The van der Waals surface area contributed by atoms with Crippen molar-refractivity contribution in [3.8, 4) is 0 Å². The molecule has 1 heterocycles. The van der Waals surface area contributed by atoms with Gasteiger partial charge in [-0.3, -0.25) is 15.5 Å². The van der Waals surface area contributed by atoms with E-state index in [0.29, 0.717) is 10.7 Å². The molecule has 0 saturated heterocycles. The average molecular weight is 275 g/mol. The van der Waals surface area contributed by atoms with Crippen molar-refractivity contribution in [3.05, 3.63) is 41.5 Å². The molecule has 0 aromatic heterocycles. The second-order valence-electron chi connectivity index (χ2n) is 4.10. The molecular weight excluding hydrogens is 258 g/mol. The first-order valence-electron chi connectivity index (χ1n) is 6.27. The molecule has 5 heteroatoms. The normalized spacial score (nSPS) is 18.2. The molecule has 0 fully saturated rings. The predicted octanol–water partition coefficient (Wildman–Crippen LogP) is 2.79. The van der Waals surface area contributed by atoms with E-state index in [1.54, 1.807) is 11.8 Å². The molecule has 1 aromatic rings. The van der Waals surface area contributed by atoms with Crippen LogP contribution in [-0.2, 0) is 0 Å². The summed E-state index contributed by atoms with van der Waals surface area (Å²) in [6.07, 6.45) is 4.80.